The van der Waals surface area contributed by atoms with Crippen LogP contribution in [0.25, 0.3) is 38.4 Å². The number of rotatable bonds is 3. The summed E-state index contributed by atoms with van der Waals surface area (Å²) in [6.07, 6.45) is 1.65. The fourth-order valence-electron chi connectivity index (χ4n) is 3.37. The summed E-state index contributed by atoms with van der Waals surface area (Å²) < 4.78 is 28.1. The first-order chi connectivity index (χ1) is 14.5. The normalized spacial score (nSPS) is 10.6. The summed E-state index contributed by atoms with van der Waals surface area (Å²) in [5, 5.41) is 0. The molecule has 0 saturated heterocycles. The van der Waals surface area contributed by atoms with Crippen molar-refractivity contribution < 1.29 is 8.78 Å². The van der Waals surface area contributed by atoms with E-state index >= 15 is 0 Å². The number of nitrogens with two attached hydrogens (primary N) is 1. The molecule has 0 fully saturated rings. The summed E-state index contributed by atoms with van der Waals surface area (Å²) in [6, 6.07) is 15.6. The maximum Gasteiger partial charge on any atom is 0.236 e. The zero-order valence-electron chi connectivity index (χ0n) is 16.0. The van der Waals surface area contributed by atoms with Crippen LogP contribution in [0.4, 0.5) is 20.3 Å². The van der Waals surface area contributed by atoms with E-state index in [2.05, 4.69) is 14.8 Å². The molecular weight excluding hydrogens is 382 g/mol. The lowest BCUT2D eigenvalue weighted by Crippen LogP contribution is -2.00. The molecule has 4 nitrogen and oxygen atoms in total. The Labute approximate surface area is 172 Å². The highest BCUT2D eigenvalue weighted by Gasteiger charge is 2.23. The van der Waals surface area contributed by atoms with E-state index in [4.69, 9.17) is 12.3 Å². The van der Waals surface area contributed by atoms with Crippen LogP contribution in [0.3, 0.4) is 0 Å². The highest BCUT2D eigenvalue weighted by atomic mass is 19.1. The van der Waals surface area contributed by atoms with E-state index in [0.717, 1.165) is 5.69 Å². The van der Waals surface area contributed by atoms with E-state index in [-0.39, 0.29) is 11.5 Å². The van der Waals surface area contributed by atoms with Crippen LogP contribution in [0.1, 0.15) is 5.69 Å². The largest absolute Gasteiger partial charge is 0.392 e. The zero-order valence-corrected chi connectivity index (χ0v) is 16.0. The molecule has 2 heterocycles. The number of hydrogen-bond donors (Lipinski definition) is 1. The summed E-state index contributed by atoms with van der Waals surface area (Å²) in [7, 11) is 0. The molecule has 30 heavy (non-hydrogen) atoms. The topological polar surface area (TPSA) is 56.2 Å². The molecular formula is C24H16F2N4. The Hall–Kier alpha value is -4.11. The monoisotopic (exact) mass is 398 g/mol. The molecule has 0 saturated carbocycles. The van der Waals surface area contributed by atoms with Crippen LogP contribution in [0.15, 0.2) is 66.9 Å². The summed E-state index contributed by atoms with van der Waals surface area (Å²) in [5.74, 6) is -0.881. The van der Waals surface area contributed by atoms with Gasteiger partial charge in [-0.3, -0.25) is 4.98 Å². The van der Waals surface area contributed by atoms with Crippen molar-refractivity contribution in [2.45, 2.75) is 6.92 Å². The van der Waals surface area contributed by atoms with E-state index in [1.54, 1.807) is 30.5 Å². The van der Waals surface area contributed by atoms with Crippen LogP contribution in [-0.4, -0.2) is 9.97 Å². The minimum atomic E-state index is -0.445. The number of anilines is 1. The van der Waals surface area contributed by atoms with Crippen molar-refractivity contribution in [2.24, 2.45) is 0 Å². The van der Waals surface area contributed by atoms with Crippen LogP contribution in [0, 0.1) is 25.1 Å². The number of aryl methyl sites for hydroxylation is 1. The van der Waals surface area contributed by atoms with Crippen molar-refractivity contribution in [3.63, 3.8) is 0 Å². The van der Waals surface area contributed by atoms with Gasteiger partial charge >= 0.3 is 0 Å². The quantitative estimate of drug-likeness (QED) is 0.418. The summed E-state index contributed by atoms with van der Waals surface area (Å²) >= 11 is 0. The molecule has 0 radical (unpaired) electrons. The van der Waals surface area contributed by atoms with E-state index in [9.17, 15) is 8.78 Å². The third-order valence-corrected chi connectivity index (χ3v) is 4.72. The molecule has 4 rings (SSSR count). The lowest BCUT2D eigenvalue weighted by atomic mass is 9.90. The molecule has 2 N–H and O–H groups in total. The smallest absolute Gasteiger partial charge is 0.236 e. The first kappa shape index (κ1) is 19.2. The second-order valence-electron chi connectivity index (χ2n) is 6.77. The summed E-state index contributed by atoms with van der Waals surface area (Å²) in [6.45, 7) is 9.52. The van der Waals surface area contributed by atoms with E-state index in [1.807, 2.05) is 19.1 Å². The average molecular weight is 398 g/mol. The Balaban J connectivity index is 2.17. The number of aromatic nitrogens is 2. The van der Waals surface area contributed by atoms with Gasteiger partial charge in [0.05, 0.1) is 12.3 Å². The molecule has 2 aromatic heterocycles. The third kappa shape index (κ3) is 3.49. The fraction of sp³-hybridized carbons (Fsp3) is 0.0417. The number of nitrogens with zero attached hydrogens (tertiary/aromatic N) is 3. The van der Waals surface area contributed by atoms with Gasteiger partial charge in [-0.15, -0.1) is 0 Å². The maximum atomic E-state index is 14.1. The first-order valence-corrected chi connectivity index (χ1v) is 9.13. The van der Waals surface area contributed by atoms with E-state index in [1.165, 1.54) is 24.3 Å². The number of nitrogen functional groups attached to an aromatic ring is 1. The molecule has 0 atom stereocenters. The van der Waals surface area contributed by atoms with Crippen molar-refractivity contribution in [3.8, 4) is 33.5 Å². The molecule has 0 unspecified atom stereocenters. The van der Waals surface area contributed by atoms with Gasteiger partial charge in [0.25, 0.3) is 0 Å². The summed E-state index contributed by atoms with van der Waals surface area (Å²) in [5.41, 5.74) is 10.0. The number of hydrogen-bond acceptors (Lipinski definition) is 3. The van der Waals surface area contributed by atoms with Crippen LogP contribution in [0.5, 0.6) is 0 Å². The average Bonchev–Trinajstić information content (AvgIpc) is 2.73. The van der Waals surface area contributed by atoms with Crippen molar-refractivity contribution in [1.29, 1.82) is 0 Å². The van der Waals surface area contributed by atoms with Gasteiger partial charge in [-0.1, -0.05) is 30.3 Å². The maximum absolute atomic E-state index is 14.1. The second kappa shape index (κ2) is 7.72. The minimum Gasteiger partial charge on any atom is -0.392 e. The second-order valence-corrected chi connectivity index (χ2v) is 6.77. The van der Waals surface area contributed by atoms with Gasteiger partial charge in [0.1, 0.15) is 17.5 Å². The van der Waals surface area contributed by atoms with Crippen molar-refractivity contribution in [2.75, 3.05) is 5.73 Å². The Kier molecular flexibility index (Phi) is 4.95. The Bertz CT molecular complexity index is 1290. The molecule has 0 bridgehead atoms. The number of halogens is 2. The standard InChI is InChI=1S/C24H16F2N4/c1-14-9-10-17(13-29-14)21-20(15-5-3-7-18(25)11-15)23(28-2)24(27)30-22(21)16-6-4-8-19(26)12-16/h3-13H,1H3,(H2,27,30). The highest BCUT2D eigenvalue weighted by molar-refractivity contribution is 6.01. The van der Waals surface area contributed by atoms with Gasteiger partial charge in [0, 0.05) is 34.1 Å². The van der Waals surface area contributed by atoms with Crippen LogP contribution >= 0.6 is 0 Å². The first-order valence-electron chi connectivity index (χ1n) is 9.13. The Morgan fingerprint density at radius 3 is 2.13 bits per heavy atom. The van der Waals surface area contributed by atoms with Crippen molar-refractivity contribution in [1.82, 2.24) is 9.97 Å². The molecule has 6 heteroatoms. The van der Waals surface area contributed by atoms with Gasteiger partial charge in [-0.2, -0.15) is 0 Å². The SMILES string of the molecule is [C-]#[N+]c1c(N)nc(-c2cccc(F)c2)c(-c2ccc(C)nc2)c1-c1cccc(F)c1. The lowest BCUT2D eigenvalue weighted by molar-refractivity contribution is 0.628. The van der Waals surface area contributed by atoms with Crippen LogP contribution < -0.4 is 5.73 Å². The molecule has 0 aliphatic carbocycles. The molecule has 0 spiro atoms. The molecule has 2 aromatic carbocycles. The van der Waals surface area contributed by atoms with Gasteiger partial charge in [-0.25, -0.2) is 18.6 Å². The van der Waals surface area contributed by atoms with Gasteiger partial charge in [0.2, 0.25) is 5.69 Å². The molecule has 146 valence electrons. The van der Waals surface area contributed by atoms with Crippen LogP contribution in [0.2, 0.25) is 0 Å². The number of benzene rings is 2. The van der Waals surface area contributed by atoms with Gasteiger partial charge in [-0.05, 0) is 42.8 Å². The zero-order chi connectivity index (χ0) is 21.3. The molecule has 4 aromatic rings. The Morgan fingerprint density at radius 1 is 0.867 bits per heavy atom. The molecule has 0 amide bonds. The van der Waals surface area contributed by atoms with Gasteiger partial charge < -0.3 is 5.73 Å². The van der Waals surface area contributed by atoms with E-state index < -0.39 is 11.6 Å². The Morgan fingerprint density at radius 2 is 1.53 bits per heavy atom. The van der Waals surface area contributed by atoms with Crippen LogP contribution in [-0.2, 0) is 0 Å². The summed E-state index contributed by atoms with van der Waals surface area (Å²) in [4.78, 5) is 12.4. The highest BCUT2D eigenvalue weighted by Crippen LogP contribution is 2.46. The van der Waals surface area contributed by atoms with Crippen molar-refractivity contribution in [3.05, 3.63) is 95.6 Å². The van der Waals surface area contributed by atoms with Crippen molar-refractivity contribution >= 4 is 11.5 Å². The predicted molar refractivity (Wildman–Crippen MR) is 114 cm³/mol. The fourth-order valence-corrected chi connectivity index (χ4v) is 3.37. The van der Waals surface area contributed by atoms with E-state index in [0.29, 0.717) is 33.5 Å². The minimum absolute atomic E-state index is 0.00709. The lowest BCUT2D eigenvalue weighted by Gasteiger charge is -2.18. The van der Waals surface area contributed by atoms with Gasteiger partial charge in [0.15, 0.2) is 0 Å². The predicted octanol–water partition coefficient (Wildman–Crippen LogP) is 6.20. The number of pyridine rings is 2. The third-order valence-electron chi connectivity index (χ3n) is 4.72. The molecule has 0 aliphatic heterocycles. The molecule has 0 aliphatic rings.